The van der Waals surface area contributed by atoms with Crippen LogP contribution in [0.15, 0.2) is 29.6 Å². The number of nitrogens with two attached hydrogens (primary N) is 1. The van der Waals surface area contributed by atoms with Crippen LogP contribution in [0.3, 0.4) is 0 Å². The number of carbonyl (C=O) groups excluding carboxylic acids is 1. The second-order valence-electron chi connectivity index (χ2n) is 4.92. The normalized spacial score (nSPS) is 17.6. The zero-order valence-corrected chi connectivity index (χ0v) is 12.4. The predicted molar refractivity (Wildman–Crippen MR) is 83.3 cm³/mol. The van der Waals surface area contributed by atoms with Gasteiger partial charge in [-0.05, 0) is 48.4 Å². The molecule has 1 unspecified atom stereocenters. The van der Waals surface area contributed by atoms with Crippen LogP contribution in [-0.4, -0.2) is 5.91 Å². The number of halogens is 1. The molecule has 2 aromatic rings. The van der Waals surface area contributed by atoms with E-state index in [0.717, 1.165) is 19.3 Å². The van der Waals surface area contributed by atoms with Crippen molar-refractivity contribution in [2.75, 3.05) is 5.73 Å². The van der Waals surface area contributed by atoms with Gasteiger partial charge in [-0.3, -0.25) is 4.79 Å². The first-order valence-electron chi connectivity index (χ1n) is 6.58. The van der Waals surface area contributed by atoms with Gasteiger partial charge in [0.15, 0.2) is 0 Å². The molecule has 0 spiro atoms. The number of nitrogens with one attached hydrogen (secondary N) is 1. The highest BCUT2D eigenvalue weighted by Crippen LogP contribution is 2.34. The molecule has 0 fully saturated rings. The van der Waals surface area contributed by atoms with Gasteiger partial charge in [0.1, 0.15) is 0 Å². The summed E-state index contributed by atoms with van der Waals surface area (Å²) in [5.41, 5.74) is 7.88. The maximum absolute atomic E-state index is 12.4. The highest BCUT2D eigenvalue weighted by atomic mass is 35.5. The predicted octanol–water partition coefficient (Wildman–Crippen LogP) is 3.79. The maximum atomic E-state index is 12.4. The zero-order chi connectivity index (χ0) is 14.1. The number of aryl methyl sites for hydroxylation is 1. The fourth-order valence-corrected chi connectivity index (χ4v) is 3.90. The van der Waals surface area contributed by atoms with Gasteiger partial charge in [-0.25, -0.2) is 0 Å². The molecule has 1 aliphatic carbocycles. The lowest BCUT2D eigenvalue weighted by molar-refractivity contribution is 0.0934. The molecule has 20 heavy (non-hydrogen) atoms. The summed E-state index contributed by atoms with van der Waals surface area (Å²) >= 11 is 7.84. The Morgan fingerprint density at radius 3 is 3.05 bits per heavy atom. The number of amides is 1. The molecule has 3 nitrogen and oxygen atoms in total. The number of hydrogen-bond donors (Lipinski definition) is 2. The van der Waals surface area contributed by atoms with E-state index in [1.807, 2.05) is 0 Å². The Bertz CT molecular complexity index is 633. The lowest BCUT2D eigenvalue weighted by Crippen LogP contribution is -2.31. The summed E-state index contributed by atoms with van der Waals surface area (Å²) in [5.74, 6) is -0.197. The van der Waals surface area contributed by atoms with E-state index < -0.39 is 0 Å². The smallest absolute Gasteiger partial charge is 0.255 e. The first-order valence-corrected chi connectivity index (χ1v) is 7.83. The molecular formula is C15H15ClN2OS. The highest BCUT2D eigenvalue weighted by molar-refractivity contribution is 7.10. The first kappa shape index (κ1) is 13.5. The Morgan fingerprint density at radius 1 is 1.40 bits per heavy atom. The summed E-state index contributed by atoms with van der Waals surface area (Å²) in [6.45, 7) is 0. The van der Waals surface area contributed by atoms with Crippen LogP contribution in [0.5, 0.6) is 0 Å². The van der Waals surface area contributed by atoms with Crippen LogP contribution in [0.1, 0.15) is 39.7 Å². The second kappa shape index (κ2) is 5.46. The number of rotatable bonds is 2. The summed E-state index contributed by atoms with van der Waals surface area (Å²) < 4.78 is 0. The second-order valence-corrected chi connectivity index (χ2v) is 6.33. The number of benzene rings is 1. The van der Waals surface area contributed by atoms with Gasteiger partial charge in [0.05, 0.1) is 16.6 Å². The summed E-state index contributed by atoms with van der Waals surface area (Å²) in [4.78, 5) is 13.8. The van der Waals surface area contributed by atoms with Crippen LogP contribution in [0.4, 0.5) is 5.69 Å². The largest absolute Gasteiger partial charge is 0.398 e. The molecule has 1 aliphatic rings. The monoisotopic (exact) mass is 306 g/mol. The lowest BCUT2D eigenvalue weighted by atomic mass is 9.94. The zero-order valence-electron chi connectivity index (χ0n) is 10.9. The van der Waals surface area contributed by atoms with Gasteiger partial charge < -0.3 is 11.1 Å². The van der Waals surface area contributed by atoms with E-state index in [1.54, 1.807) is 29.5 Å². The van der Waals surface area contributed by atoms with Crippen molar-refractivity contribution in [3.63, 3.8) is 0 Å². The summed E-state index contributed by atoms with van der Waals surface area (Å²) in [6.07, 6.45) is 3.16. The third-order valence-corrected chi connectivity index (χ3v) is 4.94. The van der Waals surface area contributed by atoms with Crippen molar-refractivity contribution in [2.24, 2.45) is 0 Å². The average molecular weight is 307 g/mol. The SMILES string of the molecule is Nc1cccc(Cl)c1C(=O)NC1CCCc2sccc21. The van der Waals surface area contributed by atoms with Crippen LogP contribution in [-0.2, 0) is 6.42 Å². The van der Waals surface area contributed by atoms with Crippen molar-refractivity contribution in [3.05, 3.63) is 50.7 Å². The molecule has 3 rings (SSSR count). The fraction of sp³-hybridized carbons (Fsp3) is 0.267. The minimum Gasteiger partial charge on any atom is -0.398 e. The van der Waals surface area contributed by atoms with Crippen LogP contribution in [0.25, 0.3) is 0 Å². The molecule has 1 aromatic heterocycles. The molecule has 0 radical (unpaired) electrons. The summed E-state index contributed by atoms with van der Waals surface area (Å²) in [5, 5.41) is 5.54. The molecule has 0 bridgehead atoms. The van der Waals surface area contributed by atoms with E-state index in [0.29, 0.717) is 16.3 Å². The van der Waals surface area contributed by atoms with E-state index in [2.05, 4.69) is 16.8 Å². The Morgan fingerprint density at radius 2 is 2.25 bits per heavy atom. The number of fused-ring (bicyclic) bond motifs is 1. The molecule has 0 aliphatic heterocycles. The van der Waals surface area contributed by atoms with Crippen molar-refractivity contribution in [1.82, 2.24) is 5.32 Å². The number of thiophene rings is 1. The minimum absolute atomic E-state index is 0.0631. The van der Waals surface area contributed by atoms with Crippen molar-refractivity contribution in [2.45, 2.75) is 25.3 Å². The Kier molecular flexibility index (Phi) is 3.68. The standard InChI is InChI=1S/C15H15ClN2OS/c16-10-3-1-4-11(17)14(10)15(19)18-12-5-2-6-13-9(12)7-8-20-13/h1,3-4,7-8,12H,2,5-6,17H2,(H,18,19). The number of hydrogen-bond acceptors (Lipinski definition) is 3. The first-order chi connectivity index (χ1) is 9.66. The summed E-state index contributed by atoms with van der Waals surface area (Å²) in [7, 11) is 0. The van der Waals surface area contributed by atoms with Crippen molar-refractivity contribution in [3.8, 4) is 0 Å². The third kappa shape index (κ3) is 2.41. The molecule has 104 valence electrons. The van der Waals surface area contributed by atoms with E-state index >= 15 is 0 Å². The van der Waals surface area contributed by atoms with E-state index in [-0.39, 0.29) is 11.9 Å². The van der Waals surface area contributed by atoms with Gasteiger partial charge in [0.2, 0.25) is 0 Å². The Balaban J connectivity index is 1.85. The Labute approximate surface area is 126 Å². The van der Waals surface area contributed by atoms with Gasteiger partial charge in [0.25, 0.3) is 5.91 Å². The highest BCUT2D eigenvalue weighted by Gasteiger charge is 2.24. The molecule has 0 saturated heterocycles. The molecule has 0 saturated carbocycles. The molecule has 1 aromatic carbocycles. The van der Waals surface area contributed by atoms with E-state index in [1.165, 1.54) is 10.4 Å². The molecule has 3 N–H and O–H groups in total. The van der Waals surface area contributed by atoms with Gasteiger partial charge in [-0.15, -0.1) is 11.3 Å². The molecule has 1 amide bonds. The third-order valence-electron chi connectivity index (χ3n) is 3.63. The van der Waals surface area contributed by atoms with Crippen molar-refractivity contribution < 1.29 is 4.79 Å². The van der Waals surface area contributed by atoms with Crippen molar-refractivity contribution in [1.29, 1.82) is 0 Å². The van der Waals surface area contributed by atoms with Crippen LogP contribution >= 0.6 is 22.9 Å². The maximum Gasteiger partial charge on any atom is 0.255 e. The van der Waals surface area contributed by atoms with E-state index in [9.17, 15) is 4.79 Å². The lowest BCUT2D eigenvalue weighted by Gasteiger charge is -2.24. The quantitative estimate of drug-likeness (QED) is 0.829. The number of anilines is 1. The number of carbonyl (C=O) groups is 1. The Hall–Kier alpha value is -1.52. The average Bonchev–Trinajstić information content (AvgIpc) is 2.88. The van der Waals surface area contributed by atoms with Gasteiger partial charge in [0, 0.05) is 10.6 Å². The van der Waals surface area contributed by atoms with Crippen LogP contribution < -0.4 is 11.1 Å². The van der Waals surface area contributed by atoms with Crippen molar-refractivity contribution >= 4 is 34.5 Å². The van der Waals surface area contributed by atoms with E-state index in [4.69, 9.17) is 17.3 Å². The number of nitrogen functional groups attached to an aromatic ring is 1. The molecule has 1 heterocycles. The topological polar surface area (TPSA) is 55.1 Å². The minimum atomic E-state index is -0.197. The molecule has 1 atom stereocenters. The van der Waals surface area contributed by atoms with Gasteiger partial charge >= 0.3 is 0 Å². The van der Waals surface area contributed by atoms with Gasteiger partial charge in [-0.1, -0.05) is 17.7 Å². The van der Waals surface area contributed by atoms with Crippen LogP contribution in [0.2, 0.25) is 5.02 Å². The van der Waals surface area contributed by atoms with Gasteiger partial charge in [-0.2, -0.15) is 0 Å². The molecular weight excluding hydrogens is 292 g/mol. The fourth-order valence-electron chi connectivity index (χ4n) is 2.65. The molecule has 5 heteroatoms. The van der Waals surface area contributed by atoms with Crippen LogP contribution in [0, 0.1) is 0 Å². The summed E-state index contributed by atoms with van der Waals surface area (Å²) in [6, 6.07) is 7.28.